The van der Waals surface area contributed by atoms with Gasteiger partial charge in [0.05, 0.1) is 0 Å². The number of carbonyl (C=O) groups excluding carboxylic acids is 1. The van der Waals surface area contributed by atoms with Gasteiger partial charge in [0.2, 0.25) is 3.79 Å². The molecule has 0 amide bonds. The van der Waals surface area contributed by atoms with Gasteiger partial charge in [-0.3, -0.25) is 9.79 Å². The zero-order valence-corrected chi connectivity index (χ0v) is 17.2. The Bertz CT molecular complexity index is 1020. The number of carbonyl (C=O) groups is 1. The van der Waals surface area contributed by atoms with Crippen molar-refractivity contribution in [1.82, 2.24) is 5.32 Å². The van der Waals surface area contributed by atoms with Crippen LogP contribution in [0, 0.1) is 0 Å². The number of nitrogens with one attached hydrogen (secondary N) is 1. The molecule has 4 heteroatoms. The van der Waals surface area contributed by atoms with Crippen LogP contribution in [0.5, 0.6) is 0 Å². The van der Waals surface area contributed by atoms with Gasteiger partial charge in [-0.2, -0.15) is 0 Å². The predicted molar refractivity (Wildman–Crippen MR) is 120 cm³/mol. The normalized spacial score (nSPS) is 13.9. The second-order valence-corrected chi connectivity index (χ2v) is 7.73. The van der Waals surface area contributed by atoms with E-state index < -0.39 is 0 Å². The van der Waals surface area contributed by atoms with Crippen LogP contribution < -0.4 is 5.32 Å². The van der Waals surface area contributed by atoms with E-state index >= 15 is 0 Å². The molecule has 3 nitrogen and oxygen atoms in total. The lowest BCUT2D eigenvalue weighted by Crippen LogP contribution is -2.31. The molecule has 1 N–H and O–H groups in total. The Morgan fingerprint density at radius 1 is 1.00 bits per heavy atom. The Labute approximate surface area is 173 Å². The fourth-order valence-electron chi connectivity index (χ4n) is 3.75. The zero-order chi connectivity index (χ0) is 18.6. The van der Waals surface area contributed by atoms with Crippen molar-refractivity contribution >= 4 is 43.0 Å². The minimum absolute atomic E-state index is 0.0822. The van der Waals surface area contributed by atoms with Crippen LogP contribution in [0.2, 0.25) is 0 Å². The quantitative estimate of drug-likeness (QED) is 0.426. The van der Waals surface area contributed by atoms with E-state index in [-0.39, 0.29) is 3.79 Å². The lowest BCUT2D eigenvalue weighted by Gasteiger charge is -2.19. The van der Waals surface area contributed by atoms with Crippen LogP contribution in [0.25, 0.3) is 10.8 Å². The Morgan fingerprint density at radius 3 is 2.63 bits per heavy atom. The first-order valence-corrected chi connectivity index (χ1v) is 10.4. The van der Waals surface area contributed by atoms with Gasteiger partial charge in [-0.05, 0) is 41.2 Å². The van der Waals surface area contributed by atoms with Gasteiger partial charge < -0.3 is 5.32 Å². The number of aliphatic imine (C=N–C) groups is 1. The SMILES string of the molecule is O=C(I)c1cccc(C2=NCCCN2)c1CCc1cccc2ccccc12. The highest BCUT2D eigenvalue weighted by Crippen LogP contribution is 2.24. The third kappa shape index (κ3) is 3.90. The molecular formula is C23H21IN2O. The molecule has 0 spiro atoms. The van der Waals surface area contributed by atoms with Gasteiger partial charge in [-0.1, -0.05) is 60.7 Å². The fraction of sp³-hybridized carbons (Fsp3) is 0.217. The van der Waals surface area contributed by atoms with E-state index in [1.54, 1.807) is 0 Å². The summed E-state index contributed by atoms with van der Waals surface area (Å²) >= 11 is 1.89. The van der Waals surface area contributed by atoms with E-state index in [0.717, 1.165) is 54.9 Å². The largest absolute Gasteiger partial charge is 0.370 e. The summed E-state index contributed by atoms with van der Waals surface area (Å²) in [6.07, 6.45) is 2.76. The van der Waals surface area contributed by atoms with Crippen LogP contribution in [0.4, 0.5) is 0 Å². The molecule has 0 unspecified atom stereocenters. The minimum atomic E-state index is 0.0822. The number of nitrogens with zero attached hydrogens (tertiary/aromatic N) is 1. The van der Waals surface area contributed by atoms with Gasteiger partial charge in [0.15, 0.2) is 0 Å². The molecule has 0 saturated heterocycles. The average Bonchev–Trinajstić information content (AvgIpc) is 2.72. The molecule has 0 aromatic heterocycles. The van der Waals surface area contributed by atoms with Crippen LogP contribution in [0.3, 0.4) is 0 Å². The molecular weight excluding hydrogens is 447 g/mol. The van der Waals surface area contributed by atoms with E-state index in [2.05, 4.69) is 58.8 Å². The van der Waals surface area contributed by atoms with Gasteiger partial charge >= 0.3 is 0 Å². The summed E-state index contributed by atoms with van der Waals surface area (Å²) in [5, 5.41) is 5.95. The maximum Gasteiger partial charge on any atom is 0.222 e. The molecule has 1 aliphatic heterocycles. The lowest BCUT2D eigenvalue weighted by molar-refractivity contribution is 0.110. The molecule has 1 aliphatic rings. The minimum Gasteiger partial charge on any atom is -0.370 e. The third-order valence-electron chi connectivity index (χ3n) is 5.06. The number of amidine groups is 1. The molecule has 0 radical (unpaired) electrons. The number of hydrogen-bond acceptors (Lipinski definition) is 3. The molecule has 0 saturated carbocycles. The van der Waals surface area contributed by atoms with Crippen molar-refractivity contribution in [1.29, 1.82) is 0 Å². The Kier molecular flexibility index (Phi) is 5.53. The number of aryl methyl sites for hydroxylation is 1. The predicted octanol–water partition coefficient (Wildman–Crippen LogP) is 4.94. The molecule has 0 atom stereocenters. The van der Waals surface area contributed by atoms with E-state index in [1.807, 2.05) is 34.7 Å². The molecule has 0 fully saturated rings. The molecule has 3 aromatic carbocycles. The first-order chi connectivity index (χ1) is 13.2. The fourth-order valence-corrected chi connectivity index (χ4v) is 4.25. The van der Waals surface area contributed by atoms with Gasteiger partial charge in [-0.25, -0.2) is 0 Å². The standard InChI is InChI=1S/C23H21IN2O/c24-22(27)20-10-4-11-21(23-25-14-5-15-26-23)19(20)13-12-17-8-3-7-16-6-1-2-9-18(16)17/h1-4,6-11H,5,12-15H2,(H,25,26). The van der Waals surface area contributed by atoms with E-state index in [9.17, 15) is 4.79 Å². The second-order valence-electron chi connectivity index (χ2n) is 6.75. The van der Waals surface area contributed by atoms with Gasteiger partial charge in [0.25, 0.3) is 0 Å². The summed E-state index contributed by atoms with van der Waals surface area (Å²) in [4.78, 5) is 16.9. The van der Waals surface area contributed by atoms with Crippen LogP contribution in [-0.4, -0.2) is 22.7 Å². The van der Waals surface area contributed by atoms with E-state index in [4.69, 9.17) is 0 Å². The molecule has 0 aliphatic carbocycles. The van der Waals surface area contributed by atoms with Crippen LogP contribution in [-0.2, 0) is 12.8 Å². The number of rotatable bonds is 5. The molecule has 4 rings (SSSR count). The molecule has 3 aromatic rings. The zero-order valence-electron chi connectivity index (χ0n) is 15.0. The van der Waals surface area contributed by atoms with E-state index in [1.165, 1.54) is 16.3 Å². The second kappa shape index (κ2) is 8.21. The number of halogens is 1. The highest BCUT2D eigenvalue weighted by Gasteiger charge is 2.18. The van der Waals surface area contributed by atoms with Gasteiger partial charge in [0, 0.05) is 46.8 Å². The third-order valence-corrected chi connectivity index (χ3v) is 5.65. The first-order valence-electron chi connectivity index (χ1n) is 9.31. The van der Waals surface area contributed by atoms with Crippen molar-refractivity contribution in [2.45, 2.75) is 19.3 Å². The molecule has 136 valence electrons. The number of fused-ring (bicyclic) bond motifs is 1. The Morgan fingerprint density at radius 2 is 1.81 bits per heavy atom. The molecule has 0 bridgehead atoms. The summed E-state index contributed by atoms with van der Waals surface area (Å²) in [5.41, 5.74) is 4.27. The Balaban J connectivity index is 1.72. The molecule has 27 heavy (non-hydrogen) atoms. The summed E-state index contributed by atoms with van der Waals surface area (Å²) in [6.45, 7) is 1.78. The summed E-state index contributed by atoms with van der Waals surface area (Å²) in [6, 6.07) is 20.9. The number of hydrogen-bond donors (Lipinski definition) is 1. The van der Waals surface area contributed by atoms with Crippen molar-refractivity contribution in [3.8, 4) is 0 Å². The van der Waals surface area contributed by atoms with Gasteiger partial charge in [-0.15, -0.1) is 0 Å². The molecule has 1 heterocycles. The van der Waals surface area contributed by atoms with Crippen molar-refractivity contribution in [2.24, 2.45) is 4.99 Å². The summed E-state index contributed by atoms with van der Waals surface area (Å²) in [7, 11) is 0. The smallest absolute Gasteiger partial charge is 0.222 e. The topological polar surface area (TPSA) is 41.5 Å². The maximum absolute atomic E-state index is 12.3. The van der Waals surface area contributed by atoms with Crippen molar-refractivity contribution in [3.05, 3.63) is 82.9 Å². The summed E-state index contributed by atoms with van der Waals surface area (Å²) < 4.78 is 0.0822. The highest BCUT2D eigenvalue weighted by atomic mass is 127. The van der Waals surface area contributed by atoms with Crippen LogP contribution in [0.1, 0.15) is 33.5 Å². The maximum atomic E-state index is 12.3. The van der Waals surface area contributed by atoms with Crippen molar-refractivity contribution in [3.63, 3.8) is 0 Å². The van der Waals surface area contributed by atoms with E-state index in [0.29, 0.717) is 0 Å². The van der Waals surface area contributed by atoms with Crippen molar-refractivity contribution in [2.75, 3.05) is 13.1 Å². The monoisotopic (exact) mass is 468 g/mol. The van der Waals surface area contributed by atoms with Crippen LogP contribution >= 0.6 is 22.6 Å². The summed E-state index contributed by atoms with van der Waals surface area (Å²) in [5.74, 6) is 0.925. The average molecular weight is 468 g/mol. The number of benzene rings is 3. The Hall–Kier alpha value is -2.21. The highest BCUT2D eigenvalue weighted by molar-refractivity contribution is 14.1. The van der Waals surface area contributed by atoms with Crippen molar-refractivity contribution < 1.29 is 4.79 Å². The lowest BCUT2D eigenvalue weighted by atomic mass is 9.93. The van der Waals surface area contributed by atoms with Gasteiger partial charge in [0.1, 0.15) is 5.84 Å². The first kappa shape index (κ1) is 18.2. The van der Waals surface area contributed by atoms with Crippen LogP contribution in [0.15, 0.2) is 65.7 Å².